The van der Waals surface area contributed by atoms with Gasteiger partial charge in [-0.05, 0) is 32.9 Å². The van der Waals surface area contributed by atoms with Crippen molar-refractivity contribution in [3.05, 3.63) is 29.8 Å². The topological polar surface area (TPSA) is 30.8 Å². The van der Waals surface area contributed by atoms with Gasteiger partial charge in [0.05, 0.1) is 7.11 Å². The summed E-state index contributed by atoms with van der Waals surface area (Å²) in [6, 6.07) is 7.48. The molecule has 0 atom stereocenters. The first kappa shape index (κ1) is 11.6. The molecule has 1 aromatic rings. The molecule has 0 spiro atoms. The van der Waals surface area contributed by atoms with E-state index in [1.807, 2.05) is 45.0 Å². The van der Waals surface area contributed by atoms with Gasteiger partial charge < -0.3 is 9.57 Å². The molecule has 0 saturated heterocycles. The number of ether oxygens (including phenoxy) is 1. The Morgan fingerprint density at radius 3 is 2.60 bits per heavy atom. The lowest BCUT2D eigenvalue weighted by molar-refractivity contribution is 0.00199. The molecule has 0 N–H and O–H groups in total. The van der Waals surface area contributed by atoms with Crippen LogP contribution in [-0.2, 0) is 4.84 Å². The molecule has 0 saturated carbocycles. The maximum atomic E-state index is 5.18. The minimum atomic E-state index is -0.286. The molecule has 0 heterocycles. The van der Waals surface area contributed by atoms with Gasteiger partial charge in [-0.2, -0.15) is 0 Å². The molecule has 0 aliphatic carbocycles. The summed E-state index contributed by atoms with van der Waals surface area (Å²) in [5.74, 6) is 0.783. The predicted octanol–water partition coefficient (Wildman–Crippen LogP) is 2.72. The van der Waals surface area contributed by atoms with Crippen LogP contribution in [0.15, 0.2) is 29.4 Å². The van der Waals surface area contributed by atoms with Crippen LogP contribution in [0.3, 0.4) is 0 Å². The Balaban J connectivity index is 2.64. The van der Waals surface area contributed by atoms with Gasteiger partial charge in [0.25, 0.3) is 0 Å². The number of nitrogens with zero attached hydrogens (tertiary/aromatic N) is 1. The number of hydrogen-bond acceptors (Lipinski definition) is 3. The second-order valence-corrected chi connectivity index (χ2v) is 4.14. The van der Waals surface area contributed by atoms with Crippen LogP contribution in [-0.4, -0.2) is 18.9 Å². The fourth-order valence-corrected chi connectivity index (χ4v) is 0.905. The van der Waals surface area contributed by atoms with Crippen molar-refractivity contribution in [2.24, 2.45) is 5.16 Å². The quantitative estimate of drug-likeness (QED) is 0.562. The Morgan fingerprint density at radius 2 is 2.00 bits per heavy atom. The van der Waals surface area contributed by atoms with Crippen LogP contribution >= 0.6 is 0 Å². The first-order valence-corrected chi connectivity index (χ1v) is 4.79. The van der Waals surface area contributed by atoms with Gasteiger partial charge in [-0.3, -0.25) is 0 Å². The highest BCUT2D eigenvalue weighted by Gasteiger charge is 2.09. The lowest BCUT2D eigenvalue weighted by Crippen LogP contribution is -2.15. The Labute approximate surface area is 90.7 Å². The van der Waals surface area contributed by atoms with Gasteiger partial charge in [-0.1, -0.05) is 17.3 Å². The van der Waals surface area contributed by atoms with Gasteiger partial charge in [-0.25, -0.2) is 0 Å². The zero-order valence-corrected chi connectivity index (χ0v) is 9.57. The minimum Gasteiger partial charge on any atom is -0.497 e. The maximum Gasteiger partial charge on any atom is 0.139 e. The van der Waals surface area contributed by atoms with Crippen LogP contribution in [0.2, 0.25) is 0 Å². The van der Waals surface area contributed by atoms with E-state index in [4.69, 9.17) is 9.57 Å². The van der Waals surface area contributed by atoms with E-state index in [9.17, 15) is 0 Å². The molecule has 81 valence electrons. The summed E-state index contributed by atoms with van der Waals surface area (Å²) >= 11 is 0. The first-order chi connectivity index (χ1) is 7.01. The minimum absolute atomic E-state index is 0.286. The van der Waals surface area contributed by atoms with Crippen LogP contribution < -0.4 is 4.74 Å². The predicted molar refractivity (Wildman–Crippen MR) is 60.4 cm³/mol. The third kappa shape index (κ3) is 4.49. The lowest BCUT2D eigenvalue weighted by Gasteiger charge is -2.14. The summed E-state index contributed by atoms with van der Waals surface area (Å²) in [6.07, 6.45) is 2.80. The highest BCUT2D eigenvalue weighted by atomic mass is 16.6. The SMILES string of the molecule is COc1cccc(/[C]=N/OC(C)(C)C)c1. The molecule has 3 nitrogen and oxygen atoms in total. The highest BCUT2D eigenvalue weighted by Crippen LogP contribution is 2.11. The molecule has 1 aromatic carbocycles. The van der Waals surface area contributed by atoms with Crippen molar-refractivity contribution in [2.45, 2.75) is 26.4 Å². The van der Waals surface area contributed by atoms with E-state index in [0.29, 0.717) is 0 Å². The highest BCUT2D eigenvalue weighted by molar-refractivity contribution is 5.79. The van der Waals surface area contributed by atoms with Gasteiger partial charge in [0, 0.05) is 5.56 Å². The smallest absolute Gasteiger partial charge is 0.139 e. The molecular formula is C12H16NO2. The van der Waals surface area contributed by atoms with Crippen molar-refractivity contribution in [1.29, 1.82) is 0 Å². The molecule has 0 unspecified atom stereocenters. The zero-order valence-electron chi connectivity index (χ0n) is 9.57. The van der Waals surface area contributed by atoms with E-state index in [1.54, 1.807) is 7.11 Å². The van der Waals surface area contributed by atoms with E-state index in [0.717, 1.165) is 11.3 Å². The van der Waals surface area contributed by atoms with Gasteiger partial charge in [0.1, 0.15) is 17.6 Å². The molecule has 0 bridgehead atoms. The molecule has 0 aliphatic rings. The summed E-state index contributed by atoms with van der Waals surface area (Å²) in [7, 11) is 1.63. The van der Waals surface area contributed by atoms with Crippen LogP contribution in [0.1, 0.15) is 26.3 Å². The van der Waals surface area contributed by atoms with Crippen molar-refractivity contribution in [2.75, 3.05) is 7.11 Å². The molecule has 0 aliphatic heterocycles. The van der Waals surface area contributed by atoms with Gasteiger partial charge in [0.15, 0.2) is 0 Å². The Hall–Kier alpha value is -1.51. The molecule has 0 amide bonds. The van der Waals surface area contributed by atoms with Crippen LogP contribution in [0.4, 0.5) is 0 Å². The molecule has 3 heteroatoms. The van der Waals surface area contributed by atoms with Gasteiger partial charge in [0.2, 0.25) is 0 Å². The fourth-order valence-electron chi connectivity index (χ4n) is 0.905. The van der Waals surface area contributed by atoms with E-state index in [2.05, 4.69) is 11.4 Å². The average Bonchev–Trinajstić information content (AvgIpc) is 2.16. The van der Waals surface area contributed by atoms with Gasteiger partial charge in [-0.15, -0.1) is 0 Å². The first-order valence-electron chi connectivity index (χ1n) is 4.79. The Morgan fingerprint density at radius 1 is 1.27 bits per heavy atom. The standard InChI is InChI=1S/C12H16NO2/c1-12(2,3)15-13-9-10-6-5-7-11(8-10)14-4/h5-8H,1-4H3. The molecule has 15 heavy (non-hydrogen) atoms. The van der Waals surface area contributed by atoms with E-state index < -0.39 is 0 Å². The second-order valence-electron chi connectivity index (χ2n) is 4.14. The van der Waals surface area contributed by atoms with E-state index in [-0.39, 0.29) is 5.60 Å². The molecule has 1 rings (SSSR count). The van der Waals surface area contributed by atoms with Crippen molar-refractivity contribution in [1.82, 2.24) is 0 Å². The lowest BCUT2D eigenvalue weighted by atomic mass is 10.2. The summed E-state index contributed by atoms with van der Waals surface area (Å²) in [5, 5.41) is 3.78. The fraction of sp³-hybridized carbons (Fsp3) is 0.417. The summed E-state index contributed by atoms with van der Waals surface area (Å²) in [6.45, 7) is 5.80. The largest absolute Gasteiger partial charge is 0.497 e. The number of hydrogen-bond donors (Lipinski definition) is 0. The Bertz CT molecular complexity index is 340. The third-order valence-electron chi connectivity index (χ3n) is 1.56. The van der Waals surface area contributed by atoms with Crippen LogP contribution in [0.5, 0.6) is 5.75 Å². The monoisotopic (exact) mass is 206 g/mol. The van der Waals surface area contributed by atoms with E-state index >= 15 is 0 Å². The van der Waals surface area contributed by atoms with E-state index in [1.165, 1.54) is 0 Å². The average molecular weight is 206 g/mol. The summed E-state index contributed by atoms with van der Waals surface area (Å²) in [5.41, 5.74) is 0.546. The molecular weight excluding hydrogens is 190 g/mol. The van der Waals surface area contributed by atoms with Crippen molar-refractivity contribution >= 4 is 6.21 Å². The summed E-state index contributed by atoms with van der Waals surface area (Å²) < 4.78 is 5.08. The number of rotatable bonds is 3. The number of methoxy groups -OCH3 is 1. The normalized spacial score (nSPS) is 11.7. The summed E-state index contributed by atoms with van der Waals surface area (Å²) in [4.78, 5) is 5.18. The zero-order chi connectivity index (χ0) is 11.3. The van der Waals surface area contributed by atoms with Crippen LogP contribution in [0, 0.1) is 0 Å². The molecule has 0 fully saturated rings. The maximum absolute atomic E-state index is 5.18. The molecule has 0 aromatic heterocycles. The van der Waals surface area contributed by atoms with Gasteiger partial charge >= 0.3 is 0 Å². The molecule has 1 radical (unpaired) electrons. The third-order valence-corrected chi connectivity index (χ3v) is 1.56. The van der Waals surface area contributed by atoms with Crippen molar-refractivity contribution in [3.63, 3.8) is 0 Å². The van der Waals surface area contributed by atoms with Crippen molar-refractivity contribution in [3.8, 4) is 5.75 Å². The van der Waals surface area contributed by atoms with Crippen molar-refractivity contribution < 1.29 is 9.57 Å². The Kier molecular flexibility index (Phi) is 3.72. The number of benzene rings is 1. The second kappa shape index (κ2) is 4.82. The van der Waals surface area contributed by atoms with Crippen LogP contribution in [0.25, 0.3) is 0 Å².